The fraction of sp³-hybridized carbons (Fsp3) is 0.933. The van der Waals surface area contributed by atoms with E-state index in [1.807, 2.05) is 0 Å². The number of nitrogens with one attached hydrogen (secondary N) is 1. The van der Waals surface area contributed by atoms with E-state index in [1.165, 1.54) is 25.7 Å². The van der Waals surface area contributed by atoms with Crippen LogP contribution in [0.1, 0.15) is 52.9 Å². The van der Waals surface area contributed by atoms with Crippen LogP contribution in [0.25, 0.3) is 0 Å². The number of aliphatic carboxylic acids is 1. The fourth-order valence-corrected chi connectivity index (χ4v) is 2.93. The van der Waals surface area contributed by atoms with Crippen LogP contribution in [-0.2, 0) is 4.79 Å². The summed E-state index contributed by atoms with van der Waals surface area (Å²) < 4.78 is 0. The van der Waals surface area contributed by atoms with Crippen molar-refractivity contribution in [2.75, 3.05) is 26.7 Å². The maximum Gasteiger partial charge on any atom is 0.323 e. The summed E-state index contributed by atoms with van der Waals surface area (Å²) >= 11 is 0. The Bertz CT molecular complexity index is 293. The molecule has 1 aliphatic rings. The van der Waals surface area contributed by atoms with Crippen LogP contribution in [0.4, 0.5) is 0 Å². The van der Waals surface area contributed by atoms with Crippen LogP contribution in [0.15, 0.2) is 0 Å². The maximum atomic E-state index is 11.2. The Labute approximate surface area is 117 Å². The Hall–Kier alpha value is -0.610. The van der Waals surface area contributed by atoms with Crippen molar-refractivity contribution in [1.29, 1.82) is 0 Å². The Morgan fingerprint density at radius 2 is 1.84 bits per heavy atom. The zero-order valence-electron chi connectivity index (χ0n) is 13.0. The lowest BCUT2D eigenvalue weighted by Gasteiger charge is -2.41. The summed E-state index contributed by atoms with van der Waals surface area (Å²) in [5.74, 6) is -0.761. The van der Waals surface area contributed by atoms with E-state index < -0.39 is 11.5 Å². The van der Waals surface area contributed by atoms with Gasteiger partial charge in [-0.1, -0.05) is 26.7 Å². The van der Waals surface area contributed by atoms with Gasteiger partial charge in [-0.15, -0.1) is 0 Å². The van der Waals surface area contributed by atoms with E-state index in [0.29, 0.717) is 11.8 Å². The van der Waals surface area contributed by atoms with Gasteiger partial charge in [-0.2, -0.15) is 0 Å². The van der Waals surface area contributed by atoms with Crippen LogP contribution in [0.5, 0.6) is 0 Å². The topological polar surface area (TPSA) is 52.6 Å². The van der Waals surface area contributed by atoms with E-state index >= 15 is 0 Å². The summed E-state index contributed by atoms with van der Waals surface area (Å²) in [5.41, 5.74) is -0.264. The highest BCUT2D eigenvalue weighted by atomic mass is 16.4. The Kier molecular flexibility index (Phi) is 5.81. The van der Waals surface area contributed by atoms with Gasteiger partial charge in [-0.3, -0.25) is 4.79 Å². The van der Waals surface area contributed by atoms with E-state index in [2.05, 4.69) is 24.1 Å². The number of likely N-dealkylation sites (N-methyl/N-ethyl adjacent to an activating group) is 1. The van der Waals surface area contributed by atoms with Gasteiger partial charge in [-0.25, -0.2) is 0 Å². The van der Waals surface area contributed by atoms with Gasteiger partial charge in [0, 0.05) is 6.54 Å². The molecular formula is C15H30N2O2. The molecule has 0 spiro atoms. The van der Waals surface area contributed by atoms with Crippen molar-refractivity contribution >= 4 is 5.97 Å². The summed E-state index contributed by atoms with van der Waals surface area (Å²) in [5, 5.41) is 12.2. The van der Waals surface area contributed by atoms with Crippen LogP contribution in [0.2, 0.25) is 0 Å². The van der Waals surface area contributed by atoms with E-state index in [4.69, 9.17) is 0 Å². The van der Waals surface area contributed by atoms with Gasteiger partial charge in [0.2, 0.25) is 0 Å². The molecule has 1 unspecified atom stereocenters. The van der Waals surface area contributed by atoms with Crippen molar-refractivity contribution < 1.29 is 9.90 Å². The van der Waals surface area contributed by atoms with Gasteiger partial charge >= 0.3 is 5.97 Å². The lowest BCUT2D eigenvalue weighted by Crippen LogP contribution is -2.50. The van der Waals surface area contributed by atoms with Crippen molar-refractivity contribution in [3.05, 3.63) is 0 Å². The second kappa shape index (κ2) is 6.71. The molecule has 0 aromatic heterocycles. The summed E-state index contributed by atoms with van der Waals surface area (Å²) in [4.78, 5) is 13.7. The SMILES string of the molecule is CCC1(CC)CCN(CCC(C)(NC)C(=O)O)CC1. The van der Waals surface area contributed by atoms with Gasteiger partial charge in [0.15, 0.2) is 0 Å². The number of likely N-dealkylation sites (tertiary alicyclic amines) is 1. The molecule has 0 radical (unpaired) electrons. The van der Waals surface area contributed by atoms with Crippen LogP contribution in [-0.4, -0.2) is 48.2 Å². The van der Waals surface area contributed by atoms with Gasteiger partial charge in [0.25, 0.3) is 0 Å². The normalized spacial score (nSPS) is 22.9. The summed E-state index contributed by atoms with van der Waals surface area (Å²) in [6.07, 6.45) is 5.69. The molecule has 1 saturated heterocycles. The van der Waals surface area contributed by atoms with Crippen LogP contribution >= 0.6 is 0 Å². The number of rotatable bonds is 7. The number of carboxylic acids is 1. The molecule has 0 aromatic carbocycles. The predicted molar refractivity (Wildman–Crippen MR) is 78.4 cm³/mol. The molecule has 112 valence electrons. The van der Waals surface area contributed by atoms with Crippen LogP contribution in [0, 0.1) is 5.41 Å². The second-order valence-corrected chi connectivity index (χ2v) is 6.19. The minimum Gasteiger partial charge on any atom is -0.480 e. The maximum absolute atomic E-state index is 11.2. The first-order valence-corrected chi connectivity index (χ1v) is 7.56. The molecule has 0 amide bonds. The van der Waals surface area contributed by atoms with Crippen molar-refractivity contribution in [3.63, 3.8) is 0 Å². The van der Waals surface area contributed by atoms with Gasteiger partial charge in [0.1, 0.15) is 5.54 Å². The fourth-order valence-electron chi connectivity index (χ4n) is 2.93. The molecule has 0 bridgehead atoms. The van der Waals surface area contributed by atoms with Crippen molar-refractivity contribution in [2.45, 2.75) is 58.4 Å². The molecular weight excluding hydrogens is 240 g/mol. The zero-order valence-corrected chi connectivity index (χ0v) is 13.0. The number of hydrogen-bond acceptors (Lipinski definition) is 3. The number of carboxylic acid groups (broad SMARTS) is 1. The monoisotopic (exact) mass is 270 g/mol. The van der Waals surface area contributed by atoms with Gasteiger partial charge in [-0.05, 0) is 51.7 Å². The average molecular weight is 270 g/mol. The molecule has 4 nitrogen and oxygen atoms in total. The smallest absolute Gasteiger partial charge is 0.323 e. The quantitative estimate of drug-likeness (QED) is 0.745. The van der Waals surface area contributed by atoms with Crippen molar-refractivity contribution in [1.82, 2.24) is 10.2 Å². The number of carbonyl (C=O) groups is 1. The van der Waals surface area contributed by atoms with Gasteiger partial charge < -0.3 is 15.3 Å². The van der Waals surface area contributed by atoms with Crippen LogP contribution in [0.3, 0.4) is 0 Å². The average Bonchev–Trinajstić information content (AvgIpc) is 2.45. The summed E-state index contributed by atoms with van der Waals surface area (Å²) in [6.45, 7) is 9.44. The molecule has 0 saturated carbocycles. The first kappa shape index (κ1) is 16.4. The number of piperidine rings is 1. The highest BCUT2D eigenvalue weighted by molar-refractivity contribution is 5.78. The third-order valence-corrected chi connectivity index (χ3v) is 5.37. The highest BCUT2D eigenvalue weighted by Crippen LogP contribution is 2.37. The molecule has 0 aromatic rings. The summed E-state index contributed by atoms with van der Waals surface area (Å²) in [6, 6.07) is 0. The van der Waals surface area contributed by atoms with E-state index in [9.17, 15) is 9.90 Å². The van der Waals surface area contributed by atoms with E-state index in [0.717, 1.165) is 19.6 Å². The molecule has 0 aliphatic carbocycles. The van der Waals surface area contributed by atoms with E-state index in [-0.39, 0.29) is 0 Å². The van der Waals surface area contributed by atoms with Gasteiger partial charge in [0.05, 0.1) is 0 Å². The third-order valence-electron chi connectivity index (χ3n) is 5.37. The predicted octanol–water partition coefficient (Wildman–Crippen LogP) is 2.34. The summed E-state index contributed by atoms with van der Waals surface area (Å²) in [7, 11) is 1.73. The molecule has 2 N–H and O–H groups in total. The van der Waals surface area contributed by atoms with Crippen molar-refractivity contribution in [3.8, 4) is 0 Å². The minimum absolute atomic E-state index is 0.537. The Morgan fingerprint density at radius 1 is 1.32 bits per heavy atom. The first-order valence-electron chi connectivity index (χ1n) is 7.56. The van der Waals surface area contributed by atoms with Crippen LogP contribution < -0.4 is 5.32 Å². The molecule has 4 heteroatoms. The second-order valence-electron chi connectivity index (χ2n) is 6.19. The highest BCUT2D eigenvalue weighted by Gasteiger charge is 2.34. The van der Waals surface area contributed by atoms with Crippen molar-refractivity contribution in [2.24, 2.45) is 5.41 Å². The molecule has 1 heterocycles. The largest absolute Gasteiger partial charge is 0.480 e. The molecule has 1 rings (SSSR count). The minimum atomic E-state index is -0.802. The number of nitrogens with zero attached hydrogens (tertiary/aromatic N) is 1. The number of hydrogen-bond donors (Lipinski definition) is 2. The Balaban J connectivity index is 2.44. The molecule has 19 heavy (non-hydrogen) atoms. The Morgan fingerprint density at radius 3 is 2.21 bits per heavy atom. The zero-order chi connectivity index (χ0) is 14.5. The van der Waals surface area contributed by atoms with E-state index in [1.54, 1.807) is 14.0 Å². The standard InChI is InChI=1S/C15H30N2O2/c1-5-15(6-2)8-11-17(12-9-15)10-7-14(3,16-4)13(18)19/h16H,5-12H2,1-4H3,(H,18,19). The lowest BCUT2D eigenvalue weighted by molar-refractivity contribution is -0.144. The molecule has 1 fully saturated rings. The molecule has 1 aliphatic heterocycles. The first-order chi connectivity index (χ1) is 8.91. The lowest BCUT2D eigenvalue weighted by atomic mass is 9.74. The third kappa shape index (κ3) is 3.93. The molecule has 1 atom stereocenters.